The van der Waals surface area contributed by atoms with Gasteiger partial charge >= 0.3 is 0 Å². The summed E-state index contributed by atoms with van der Waals surface area (Å²) >= 11 is 0. The number of aromatic nitrogens is 2. The van der Waals surface area contributed by atoms with Crippen LogP contribution in [0, 0.1) is 12.3 Å². The highest BCUT2D eigenvalue weighted by molar-refractivity contribution is 5.31. The molecule has 0 radical (unpaired) electrons. The molecular weight excluding hydrogens is 240 g/mol. The van der Waals surface area contributed by atoms with Crippen LogP contribution in [0.4, 0.5) is 0 Å². The predicted octanol–water partition coefficient (Wildman–Crippen LogP) is 0.923. The second-order valence-corrected chi connectivity index (χ2v) is 6.08. The van der Waals surface area contributed by atoms with Crippen LogP contribution in [-0.4, -0.2) is 48.0 Å². The Labute approximate surface area is 114 Å². The van der Waals surface area contributed by atoms with Crippen molar-refractivity contribution in [3.8, 4) is 5.88 Å². The molecule has 2 fully saturated rings. The van der Waals surface area contributed by atoms with Crippen molar-refractivity contribution >= 4 is 0 Å². The van der Waals surface area contributed by atoms with Crippen molar-refractivity contribution in [1.82, 2.24) is 20.0 Å². The largest absolute Gasteiger partial charge is 0.481 e. The monoisotopic (exact) mass is 264 g/mol. The molecule has 0 aliphatic carbocycles. The van der Waals surface area contributed by atoms with Crippen LogP contribution < -0.4 is 10.1 Å². The molecule has 1 atom stereocenters. The Kier molecular flexibility index (Phi) is 3.27. The van der Waals surface area contributed by atoms with E-state index >= 15 is 0 Å². The van der Waals surface area contributed by atoms with Crippen molar-refractivity contribution in [1.29, 1.82) is 0 Å². The molecule has 2 aliphatic heterocycles. The quantitative estimate of drug-likeness (QED) is 0.881. The normalized spacial score (nSPS) is 27.5. The van der Waals surface area contributed by atoms with Gasteiger partial charge in [-0.3, -0.25) is 4.90 Å². The number of ether oxygens (including phenoxy) is 1. The molecule has 3 heterocycles. The molecule has 0 amide bonds. The summed E-state index contributed by atoms with van der Waals surface area (Å²) in [5.41, 5.74) is 2.86. The summed E-state index contributed by atoms with van der Waals surface area (Å²) in [6.45, 7) is 7.80. The van der Waals surface area contributed by atoms with Gasteiger partial charge in [-0.05, 0) is 38.3 Å². The van der Waals surface area contributed by atoms with E-state index in [2.05, 4.69) is 22.2 Å². The molecule has 106 valence electrons. The Morgan fingerprint density at radius 1 is 1.42 bits per heavy atom. The van der Waals surface area contributed by atoms with E-state index in [1.807, 2.05) is 11.7 Å². The predicted molar refractivity (Wildman–Crippen MR) is 74.3 cm³/mol. The molecule has 1 N–H and O–H groups in total. The zero-order valence-electron chi connectivity index (χ0n) is 12.2. The molecule has 2 aliphatic rings. The third-order valence-electron chi connectivity index (χ3n) is 4.71. The lowest BCUT2D eigenvalue weighted by atomic mass is 9.86. The number of hydrogen-bond donors (Lipinski definition) is 1. The van der Waals surface area contributed by atoms with Crippen LogP contribution in [0.25, 0.3) is 0 Å². The van der Waals surface area contributed by atoms with Gasteiger partial charge in [-0.15, -0.1) is 0 Å². The molecule has 1 unspecified atom stereocenters. The van der Waals surface area contributed by atoms with Crippen molar-refractivity contribution < 1.29 is 4.74 Å². The summed E-state index contributed by atoms with van der Waals surface area (Å²) in [4.78, 5) is 2.56. The SMILES string of the molecule is COc1c(CN2CCC3(CCNC3)C2)c(C)nn1C. The van der Waals surface area contributed by atoms with Crippen molar-refractivity contribution in [2.75, 3.05) is 33.3 Å². The molecule has 1 aromatic rings. The van der Waals surface area contributed by atoms with Gasteiger partial charge in [0, 0.05) is 26.7 Å². The van der Waals surface area contributed by atoms with E-state index in [4.69, 9.17) is 4.74 Å². The number of nitrogens with zero attached hydrogens (tertiary/aromatic N) is 3. The zero-order chi connectivity index (χ0) is 13.5. The van der Waals surface area contributed by atoms with Crippen LogP contribution in [0.15, 0.2) is 0 Å². The minimum absolute atomic E-state index is 0.531. The van der Waals surface area contributed by atoms with Gasteiger partial charge in [0.2, 0.25) is 5.88 Å². The van der Waals surface area contributed by atoms with Gasteiger partial charge in [0.05, 0.1) is 18.4 Å². The molecule has 0 saturated carbocycles. The van der Waals surface area contributed by atoms with Crippen molar-refractivity contribution in [2.24, 2.45) is 12.5 Å². The highest BCUT2D eigenvalue weighted by Gasteiger charge is 2.40. The molecular formula is C14H24N4O. The Hall–Kier alpha value is -1.07. The van der Waals surface area contributed by atoms with Crippen LogP contribution >= 0.6 is 0 Å². The van der Waals surface area contributed by atoms with Gasteiger partial charge in [0.1, 0.15) is 0 Å². The average Bonchev–Trinajstić information content (AvgIpc) is 3.05. The molecule has 1 aromatic heterocycles. The molecule has 5 nitrogen and oxygen atoms in total. The van der Waals surface area contributed by atoms with Gasteiger partial charge < -0.3 is 10.1 Å². The molecule has 0 bridgehead atoms. The maximum Gasteiger partial charge on any atom is 0.216 e. The van der Waals surface area contributed by atoms with Crippen LogP contribution in [-0.2, 0) is 13.6 Å². The van der Waals surface area contributed by atoms with Crippen LogP contribution in [0.5, 0.6) is 5.88 Å². The Morgan fingerprint density at radius 3 is 2.95 bits per heavy atom. The Morgan fingerprint density at radius 2 is 2.26 bits per heavy atom. The van der Waals surface area contributed by atoms with Gasteiger partial charge in [-0.25, -0.2) is 4.68 Å². The molecule has 5 heteroatoms. The smallest absolute Gasteiger partial charge is 0.216 e. The molecule has 2 saturated heterocycles. The summed E-state index contributed by atoms with van der Waals surface area (Å²) in [5, 5.41) is 7.98. The fraction of sp³-hybridized carbons (Fsp3) is 0.786. The minimum atomic E-state index is 0.531. The highest BCUT2D eigenvalue weighted by Crippen LogP contribution is 2.37. The van der Waals surface area contributed by atoms with Crippen LogP contribution in [0.3, 0.4) is 0 Å². The maximum atomic E-state index is 5.49. The van der Waals surface area contributed by atoms with Crippen molar-refractivity contribution in [2.45, 2.75) is 26.3 Å². The zero-order valence-corrected chi connectivity index (χ0v) is 12.2. The van der Waals surface area contributed by atoms with E-state index in [9.17, 15) is 0 Å². The van der Waals surface area contributed by atoms with Crippen molar-refractivity contribution in [3.63, 3.8) is 0 Å². The van der Waals surface area contributed by atoms with Gasteiger partial charge in [0.15, 0.2) is 0 Å². The molecule has 1 spiro atoms. The molecule has 0 aromatic carbocycles. The number of methoxy groups -OCH3 is 1. The standard InChI is InChI=1S/C14H24N4O/c1-11-12(13(19-3)17(2)16-11)8-18-7-5-14(10-18)4-6-15-9-14/h15H,4-10H2,1-3H3. The third kappa shape index (κ3) is 2.25. The first kappa shape index (κ1) is 12.9. The van der Waals surface area contributed by atoms with Crippen LogP contribution in [0.2, 0.25) is 0 Å². The number of hydrogen-bond acceptors (Lipinski definition) is 4. The van der Waals surface area contributed by atoms with E-state index in [0.29, 0.717) is 5.41 Å². The second kappa shape index (κ2) is 4.80. The lowest BCUT2D eigenvalue weighted by molar-refractivity contribution is 0.263. The Bertz CT molecular complexity index is 462. The van der Waals surface area contributed by atoms with E-state index in [0.717, 1.165) is 18.1 Å². The average molecular weight is 264 g/mol. The fourth-order valence-electron chi connectivity index (χ4n) is 3.65. The van der Waals surface area contributed by atoms with Crippen molar-refractivity contribution in [3.05, 3.63) is 11.3 Å². The first-order chi connectivity index (χ1) is 9.13. The van der Waals surface area contributed by atoms with E-state index < -0.39 is 0 Å². The van der Waals surface area contributed by atoms with Gasteiger partial charge in [-0.1, -0.05) is 0 Å². The summed E-state index contributed by atoms with van der Waals surface area (Å²) in [7, 11) is 3.67. The summed E-state index contributed by atoms with van der Waals surface area (Å²) < 4.78 is 7.33. The lowest BCUT2D eigenvalue weighted by Crippen LogP contribution is -2.29. The van der Waals surface area contributed by atoms with Crippen LogP contribution in [0.1, 0.15) is 24.1 Å². The number of rotatable bonds is 3. The van der Waals surface area contributed by atoms with E-state index in [-0.39, 0.29) is 0 Å². The number of likely N-dealkylation sites (tertiary alicyclic amines) is 1. The first-order valence-electron chi connectivity index (χ1n) is 7.13. The van der Waals surface area contributed by atoms with E-state index in [1.165, 1.54) is 44.6 Å². The second-order valence-electron chi connectivity index (χ2n) is 6.08. The molecule has 19 heavy (non-hydrogen) atoms. The number of nitrogens with one attached hydrogen (secondary N) is 1. The summed E-state index contributed by atoms with van der Waals surface area (Å²) in [6.07, 6.45) is 2.65. The fourth-order valence-corrected chi connectivity index (χ4v) is 3.65. The van der Waals surface area contributed by atoms with E-state index in [1.54, 1.807) is 7.11 Å². The minimum Gasteiger partial charge on any atom is -0.481 e. The van der Waals surface area contributed by atoms with Gasteiger partial charge in [0.25, 0.3) is 0 Å². The maximum absolute atomic E-state index is 5.49. The topological polar surface area (TPSA) is 42.3 Å². The third-order valence-corrected chi connectivity index (χ3v) is 4.71. The van der Waals surface area contributed by atoms with Gasteiger partial charge in [-0.2, -0.15) is 5.10 Å². The summed E-state index contributed by atoms with van der Waals surface area (Å²) in [5.74, 6) is 0.906. The first-order valence-corrected chi connectivity index (χ1v) is 7.13. The molecule has 3 rings (SSSR count). The summed E-state index contributed by atoms with van der Waals surface area (Å²) in [6, 6.07) is 0. The Balaban J connectivity index is 1.72. The lowest BCUT2D eigenvalue weighted by Gasteiger charge is -2.22. The highest BCUT2D eigenvalue weighted by atomic mass is 16.5. The number of aryl methyl sites for hydroxylation is 2.